The van der Waals surface area contributed by atoms with Crippen molar-refractivity contribution in [2.45, 2.75) is 57.2 Å². The predicted molar refractivity (Wildman–Crippen MR) is 93.1 cm³/mol. The zero-order chi connectivity index (χ0) is 16.1. The highest BCUT2D eigenvalue weighted by Crippen LogP contribution is 2.20. The summed E-state index contributed by atoms with van der Waals surface area (Å²) in [4.78, 5) is 15.1. The Kier molecular flexibility index (Phi) is 5.34. The molecule has 1 atom stereocenters. The second kappa shape index (κ2) is 7.45. The number of carbonyl (C=O) groups is 1. The molecule has 4 nitrogen and oxygen atoms in total. The van der Waals surface area contributed by atoms with Crippen LogP contribution in [0, 0.1) is 0 Å². The molecule has 2 fully saturated rings. The van der Waals surface area contributed by atoms with Crippen LogP contribution in [0.1, 0.15) is 44.6 Å². The SMILES string of the molecule is CC1(C(=O)NC2CCN(Cc3ccccc3)CC2)CCCCN1. The monoisotopic (exact) mass is 315 g/mol. The Bertz CT molecular complexity index is 503. The van der Waals surface area contributed by atoms with Gasteiger partial charge in [0.2, 0.25) is 5.91 Å². The molecule has 1 aromatic carbocycles. The Morgan fingerprint density at radius 1 is 1.26 bits per heavy atom. The van der Waals surface area contributed by atoms with Crippen molar-refractivity contribution in [3.63, 3.8) is 0 Å². The normalized spacial score (nSPS) is 26.8. The molecule has 2 saturated heterocycles. The first-order chi connectivity index (χ1) is 11.2. The van der Waals surface area contributed by atoms with Gasteiger partial charge in [0.05, 0.1) is 5.54 Å². The van der Waals surface area contributed by atoms with Gasteiger partial charge in [0.25, 0.3) is 0 Å². The van der Waals surface area contributed by atoms with E-state index in [9.17, 15) is 4.79 Å². The molecular formula is C19H29N3O. The van der Waals surface area contributed by atoms with Crippen LogP contribution in [0.15, 0.2) is 30.3 Å². The lowest BCUT2D eigenvalue weighted by atomic mass is 9.89. The van der Waals surface area contributed by atoms with Crippen LogP contribution in [0.2, 0.25) is 0 Å². The molecule has 2 N–H and O–H groups in total. The van der Waals surface area contributed by atoms with E-state index in [1.165, 1.54) is 12.0 Å². The first-order valence-corrected chi connectivity index (χ1v) is 8.98. The maximum Gasteiger partial charge on any atom is 0.240 e. The number of rotatable bonds is 4. The van der Waals surface area contributed by atoms with E-state index in [0.29, 0.717) is 6.04 Å². The van der Waals surface area contributed by atoms with Crippen LogP contribution in [0.3, 0.4) is 0 Å². The standard InChI is InChI=1S/C19H29N3O/c1-19(11-5-6-12-20-19)18(23)21-17-9-13-22(14-10-17)15-16-7-3-2-4-8-16/h2-4,7-8,17,20H,5-6,9-15H2,1H3,(H,21,23). The summed E-state index contributed by atoms with van der Waals surface area (Å²) in [6, 6.07) is 11.0. The van der Waals surface area contributed by atoms with Crippen molar-refractivity contribution >= 4 is 5.91 Å². The number of hydrogen-bond donors (Lipinski definition) is 2. The number of nitrogens with one attached hydrogen (secondary N) is 2. The van der Waals surface area contributed by atoms with Crippen molar-refractivity contribution in [1.82, 2.24) is 15.5 Å². The average Bonchev–Trinajstić information content (AvgIpc) is 2.58. The molecule has 0 bridgehead atoms. The summed E-state index contributed by atoms with van der Waals surface area (Å²) in [7, 11) is 0. The van der Waals surface area contributed by atoms with Crippen LogP contribution >= 0.6 is 0 Å². The predicted octanol–water partition coefficient (Wildman–Crippen LogP) is 2.30. The first-order valence-electron chi connectivity index (χ1n) is 8.98. The van der Waals surface area contributed by atoms with Gasteiger partial charge in [0.15, 0.2) is 0 Å². The van der Waals surface area contributed by atoms with Gasteiger partial charge in [-0.1, -0.05) is 30.3 Å². The smallest absolute Gasteiger partial charge is 0.240 e. The Labute approximate surface area is 139 Å². The Balaban J connectivity index is 1.45. The minimum atomic E-state index is -0.362. The topological polar surface area (TPSA) is 44.4 Å². The maximum absolute atomic E-state index is 12.6. The molecule has 1 aromatic rings. The van der Waals surface area contributed by atoms with E-state index < -0.39 is 0 Å². The lowest BCUT2D eigenvalue weighted by molar-refractivity contribution is -0.129. The molecule has 2 aliphatic heterocycles. The zero-order valence-corrected chi connectivity index (χ0v) is 14.2. The summed E-state index contributed by atoms with van der Waals surface area (Å²) in [6.07, 6.45) is 5.38. The number of carbonyl (C=O) groups excluding carboxylic acids is 1. The minimum absolute atomic E-state index is 0.193. The van der Waals surface area contributed by atoms with Crippen LogP contribution in [-0.4, -0.2) is 42.0 Å². The van der Waals surface area contributed by atoms with E-state index >= 15 is 0 Å². The van der Waals surface area contributed by atoms with Gasteiger partial charge in [-0.05, 0) is 51.1 Å². The third kappa shape index (κ3) is 4.33. The van der Waals surface area contributed by atoms with Gasteiger partial charge in [0, 0.05) is 25.7 Å². The number of likely N-dealkylation sites (tertiary alicyclic amines) is 1. The third-order valence-electron chi connectivity index (χ3n) is 5.29. The van der Waals surface area contributed by atoms with Crippen molar-refractivity contribution in [2.24, 2.45) is 0 Å². The van der Waals surface area contributed by atoms with Gasteiger partial charge in [-0.2, -0.15) is 0 Å². The third-order valence-corrected chi connectivity index (χ3v) is 5.29. The molecule has 0 radical (unpaired) electrons. The highest BCUT2D eigenvalue weighted by molar-refractivity contribution is 5.86. The molecule has 1 unspecified atom stereocenters. The lowest BCUT2D eigenvalue weighted by Gasteiger charge is -2.37. The largest absolute Gasteiger partial charge is 0.352 e. The van der Waals surface area contributed by atoms with E-state index in [-0.39, 0.29) is 11.4 Å². The first kappa shape index (κ1) is 16.5. The molecule has 0 aliphatic carbocycles. The molecule has 2 aliphatic rings. The highest BCUT2D eigenvalue weighted by Gasteiger charge is 2.35. The van der Waals surface area contributed by atoms with Gasteiger partial charge in [-0.15, -0.1) is 0 Å². The summed E-state index contributed by atoms with van der Waals surface area (Å²) in [6.45, 7) is 6.14. The van der Waals surface area contributed by atoms with E-state index in [1.807, 2.05) is 6.92 Å². The average molecular weight is 315 g/mol. The van der Waals surface area contributed by atoms with Gasteiger partial charge >= 0.3 is 0 Å². The number of nitrogens with zero attached hydrogens (tertiary/aromatic N) is 1. The quantitative estimate of drug-likeness (QED) is 0.896. The van der Waals surface area contributed by atoms with Crippen molar-refractivity contribution in [1.29, 1.82) is 0 Å². The molecule has 4 heteroatoms. The molecule has 0 spiro atoms. The molecular weight excluding hydrogens is 286 g/mol. The van der Waals surface area contributed by atoms with Crippen LogP contribution < -0.4 is 10.6 Å². The molecule has 126 valence electrons. The molecule has 0 aromatic heterocycles. The summed E-state index contributed by atoms with van der Waals surface area (Å²) in [5, 5.41) is 6.69. The molecule has 3 rings (SSSR count). The van der Waals surface area contributed by atoms with Crippen molar-refractivity contribution in [3.8, 4) is 0 Å². The molecule has 1 amide bonds. The van der Waals surface area contributed by atoms with Gasteiger partial charge in [-0.3, -0.25) is 9.69 Å². The summed E-state index contributed by atoms with van der Waals surface area (Å²) in [5.41, 5.74) is 1.01. The summed E-state index contributed by atoms with van der Waals surface area (Å²) < 4.78 is 0. The molecule has 0 saturated carbocycles. The lowest BCUT2D eigenvalue weighted by Crippen LogP contribution is -2.59. The number of piperidine rings is 2. The fraction of sp³-hybridized carbons (Fsp3) is 0.632. The fourth-order valence-corrected chi connectivity index (χ4v) is 3.67. The van der Waals surface area contributed by atoms with Gasteiger partial charge < -0.3 is 10.6 Å². The van der Waals surface area contributed by atoms with Crippen molar-refractivity contribution < 1.29 is 4.79 Å². The highest BCUT2D eigenvalue weighted by atomic mass is 16.2. The second-order valence-corrected chi connectivity index (χ2v) is 7.23. The number of benzene rings is 1. The van der Waals surface area contributed by atoms with Crippen LogP contribution in [-0.2, 0) is 11.3 Å². The van der Waals surface area contributed by atoms with Crippen molar-refractivity contribution in [2.75, 3.05) is 19.6 Å². The Morgan fingerprint density at radius 3 is 2.65 bits per heavy atom. The molecule has 2 heterocycles. The maximum atomic E-state index is 12.6. The van der Waals surface area contributed by atoms with Gasteiger partial charge in [-0.25, -0.2) is 0 Å². The van der Waals surface area contributed by atoms with Gasteiger partial charge in [0.1, 0.15) is 0 Å². The fourth-order valence-electron chi connectivity index (χ4n) is 3.67. The summed E-state index contributed by atoms with van der Waals surface area (Å²) >= 11 is 0. The Morgan fingerprint density at radius 2 is 2.00 bits per heavy atom. The van der Waals surface area contributed by atoms with Crippen LogP contribution in [0.5, 0.6) is 0 Å². The number of hydrogen-bond acceptors (Lipinski definition) is 3. The van der Waals surface area contributed by atoms with Crippen LogP contribution in [0.25, 0.3) is 0 Å². The molecule has 23 heavy (non-hydrogen) atoms. The van der Waals surface area contributed by atoms with Crippen molar-refractivity contribution in [3.05, 3.63) is 35.9 Å². The van der Waals surface area contributed by atoms with E-state index in [0.717, 1.165) is 51.9 Å². The second-order valence-electron chi connectivity index (χ2n) is 7.23. The zero-order valence-electron chi connectivity index (χ0n) is 14.2. The minimum Gasteiger partial charge on any atom is -0.352 e. The Hall–Kier alpha value is -1.39. The number of amides is 1. The van der Waals surface area contributed by atoms with Crippen LogP contribution in [0.4, 0.5) is 0 Å². The summed E-state index contributed by atoms with van der Waals surface area (Å²) in [5.74, 6) is 0.193. The van der Waals surface area contributed by atoms with E-state index in [2.05, 4.69) is 45.9 Å². The van der Waals surface area contributed by atoms with E-state index in [4.69, 9.17) is 0 Å². The van der Waals surface area contributed by atoms with E-state index in [1.54, 1.807) is 0 Å².